The van der Waals surface area contributed by atoms with Crippen molar-refractivity contribution in [2.75, 3.05) is 26.7 Å². The lowest BCUT2D eigenvalue weighted by molar-refractivity contribution is -0.120. The number of carbonyl (C=O) groups is 2. The van der Waals surface area contributed by atoms with Gasteiger partial charge in [-0.05, 0) is 53.5 Å². The molecule has 1 aliphatic heterocycles. The molecule has 0 radical (unpaired) electrons. The Kier molecular flexibility index (Phi) is 9.49. The van der Waals surface area contributed by atoms with Crippen LogP contribution in [0.4, 0.5) is 13.6 Å². The predicted molar refractivity (Wildman–Crippen MR) is 142 cm³/mol. The van der Waals surface area contributed by atoms with Crippen molar-refractivity contribution in [1.82, 2.24) is 15.5 Å². The lowest BCUT2D eigenvalue weighted by Gasteiger charge is -2.43. The first-order valence-electron chi connectivity index (χ1n) is 12.9. The van der Waals surface area contributed by atoms with E-state index in [1.165, 1.54) is 26.2 Å². The molecule has 7 nitrogen and oxygen atoms in total. The number of hydrogen-bond donors (Lipinski definition) is 3. The number of carbonyl (C=O) groups excluding carboxylic acids is 2. The Labute approximate surface area is 223 Å². The summed E-state index contributed by atoms with van der Waals surface area (Å²) >= 11 is 0. The van der Waals surface area contributed by atoms with Crippen LogP contribution in [-0.4, -0.2) is 60.9 Å². The molecule has 0 unspecified atom stereocenters. The number of aliphatic hydroxyl groups excluding tert-OH is 1. The van der Waals surface area contributed by atoms with E-state index in [0.717, 1.165) is 17.2 Å². The number of rotatable bonds is 8. The molecule has 1 saturated heterocycles. The zero-order valence-electron chi connectivity index (χ0n) is 22.8. The molecule has 0 saturated carbocycles. The van der Waals surface area contributed by atoms with Crippen molar-refractivity contribution in [2.45, 2.75) is 70.1 Å². The van der Waals surface area contributed by atoms with Crippen molar-refractivity contribution in [2.24, 2.45) is 0 Å². The monoisotopic (exact) mass is 531 g/mol. The van der Waals surface area contributed by atoms with Gasteiger partial charge in [-0.25, -0.2) is 13.6 Å². The van der Waals surface area contributed by atoms with Crippen LogP contribution in [0.3, 0.4) is 0 Å². The number of ether oxygens (including phenoxy) is 1. The zero-order chi connectivity index (χ0) is 28.1. The Morgan fingerprint density at radius 2 is 1.74 bits per heavy atom. The van der Waals surface area contributed by atoms with Crippen molar-refractivity contribution in [3.8, 4) is 0 Å². The first-order valence-corrected chi connectivity index (χ1v) is 12.9. The number of methoxy groups -OCH3 is 1. The second-order valence-electron chi connectivity index (χ2n) is 11.1. The van der Waals surface area contributed by atoms with Crippen molar-refractivity contribution >= 4 is 12.0 Å². The van der Waals surface area contributed by atoms with E-state index in [1.54, 1.807) is 4.90 Å². The first-order chi connectivity index (χ1) is 17.8. The number of nitrogens with one attached hydrogen (secondary N) is 2. The maximum Gasteiger partial charge on any atom is 0.409 e. The normalized spacial score (nSPS) is 17.0. The van der Waals surface area contributed by atoms with E-state index in [9.17, 15) is 23.5 Å². The van der Waals surface area contributed by atoms with Gasteiger partial charge in [-0.15, -0.1) is 0 Å². The summed E-state index contributed by atoms with van der Waals surface area (Å²) in [5.41, 5.74) is 1.93. The van der Waals surface area contributed by atoms with Gasteiger partial charge in [0.2, 0.25) is 5.91 Å². The average molecular weight is 532 g/mol. The third-order valence-corrected chi connectivity index (χ3v) is 7.21. The zero-order valence-corrected chi connectivity index (χ0v) is 22.8. The number of amides is 2. The molecule has 0 bridgehead atoms. The van der Waals surface area contributed by atoms with Crippen LogP contribution < -0.4 is 10.6 Å². The largest absolute Gasteiger partial charge is 0.453 e. The maximum atomic E-state index is 13.8. The molecule has 2 aromatic rings. The van der Waals surface area contributed by atoms with E-state index in [4.69, 9.17) is 4.74 Å². The molecule has 2 aromatic carbocycles. The second kappa shape index (κ2) is 12.2. The Balaban J connectivity index is 1.85. The summed E-state index contributed by atoms with van der Waals surface area (Å²) in [5, 5.41) is 17.4. The van der Waals surface area contributed by atoms with Crippen LogP contribution in [0.1, 0.15) is 57.2 Å². The van der Waals surface area contributed by atoms with E-state index in [0.29, 0.717) is 31.5 Å². The van der Waals surface area contributed by atoms with E-state index >= 15 is 0 Å². The highest BCUT2D eigenvalue weighted by Gasteiger charge is 2.39. The number of benzene rings is 2. The molecule has 0 aromatic heterocycles. The summed E-state index contributed by atoms with van der Waals surface area (Å²) in [6.45, 7) is 8.80. The molecule has 38 heavy (non-hydrogen) atoms. The van der Waals surface area contributed by atoms with Gasteiger partial charge in [0.1, 0.15) is 11.6 Å². The molecule has 208 valence electrons. The molecule has 0 spiro atoms. The van der Waals surface area contributed by atoms with Crippen molar-refractivity contribution in [3.05, 3.63) is 70.8 Å². The fourth-order valence-electron chi connectivity index (χ4n) is 5.02. The summed E-state index contributed by atoms with van der Waals surface area (Å²) in [7, 11) is 1.36. The summed E-state index contributed by atoms with van der Waals surface area (Å²) in [5.74, 6) is -1.79. The van der Waals surface area contributed by atoms with Gasteiger partial charge in [-0.1, -0.05) is 45.0 Å². The van der Waals surface area contributed by atoms with Gasteiger partial charge in [0.25, 0.3) is 0 Å². The molecule has 2 atom stereocenters. The summed E-state index contributed by atoms with van der Waals surface area (Å²) in [6.07, 6.45) is -0.202. The third-order valence-electron chi connectivity index (χ3n) is 7.21. The molecule has 3 N–H and O–H groups in total. The molecule has 2 amide bonds. The highest BCUT2D eigenvalue weighted by Crippen LogP contribution is 2.35. The molecule has 1 heterocycles. The predicted octanol–water partition coefficient (Wildman–Crippen LogP) is 4.02. The van der Waals surface area contributed by atoms with Gasteiger partial charge in [0.15, 0.2) is 0 Å². The van der Waals surface area contributed by atoms with Crippen LogP contribution in [0, 0.1) is 11.6 Å². The second-order valence-corrected chi connectivity index (χ2v) is 11.1. The highest BCUT2D eigenvalue weighted by molar-refractivity contribution is 5.73. The van der Waals surface area contributed by atoms with Crippen LogP contribution in [-0.2, 0) is 26.9 Å². The molecule has 1 aliphatic rings. The van der Waals surface area contributed by atoms with E-state index in [2.05, 4.69) is 43.5 Å². The van der Waals surface area contributed by atoms with Crippen LogP contribution in [0.5, 0.6) is 0 Å². The van der Waals surface area contributed by atoms with E-state index < -0.39 is 29.3 Å². The minimum absolute atomic E-state index is 0.0553. The number of hydrogen-bond acceptors (Lipinski definition) is 5. The molecular formula is C29H39F2N3O4. The van der Waals surface area contributed by atoms with Crippen molar-refractivity contribution in [1.29, 1.82) is 0 Å². The van der Waals surface area contributed by atoms with Crippen LogP contribution in [0.2, 0.25) is 0 Å². The Morgan fingerprint density at radius 3 is 2.29 bits per heavy atom. The topological polar surface area (TPSA) is 90.9 Å². The number of likely N-dealkylation sites (tertiary alicyclic amines) is 1. The Hall–Kier alpha value is -3.04. The van der Waals surface area contributed by atoms with Gasteiger partial charge in [-0.3, -0.25) is 4.79 Å². The molecule has 1 fully saturated rings. The summed E-state index contributed by atoms with van der Waals surface area (Å²) in [6, 6.07) is 10.7. The van der Waals surface area contributed by atoms with E-state index in [1.807, 2.05) is 12.1 Å². The quantitative estimate of drug-likeness (QED) is 0.479. The van der Waals surface area contributed by atoms with Gasteiger partial charge in [0.05, 0.1) is 19.3 Å². The number of halogens is 2. The van der Waals surface area contributed by atoms with E-state index in [-0.39, 0.29) is 30.4 Å². The first kappa shape index (κ1) is 29.5. The number of aliphatic hydroxyl groups is 1. The average Bonchev–Trinajstić information content (AvgIpc) is 2.85. The Bertz CT molecular complexity index is 1110. The third kappa shape index (κ3) is 7.51. The van der Waals surface area contributed by atoms with Crippen molar-refractivity contribution in [3.63, 3.8) is 0 Å². The van der Waals surface area contributed by atoms with Gasteiger partial charge in [-0.2, -0.15) is 0 Å². The standard InChI is InChI=1S/C29H39F2N3O4/c1-19(35)33-25(15-20-13-23(30)17-24(31)14-20)26(36)18-32-29(9-11-34(12-10-29)27(37)38-5)22-8-6-7-21(16-22)28(2,3)4/h6-8,13-14,16-17,25-26,32,36H,9-12,15,18H2,1-5H3,(H,33,35)/t25-,26+/m0/s1. The number of nitrogens with zero attached hydrogens (tertiary/aromatic N) is 1. The lowest BCUT2D eigenvalue weighted by atomic mass is 9.77. The smallest absolute Gasteiger partial charge is 0.409 e. The lowest BCUT2D eigenvalue weighted by Crippen LogP contribution is -2.56. The summed E-state index contributed by atoms with van der Waals surface area (Å²) < 4.78 is 32.4. The Morgan fingerprint density at radius 1 is 1.11 bits per heavy atom. The van der Waals surface area contributed by atoms with Crippen LogP contribution in [0.15, 0.2) is 42.5 Å². The fourth-order valence-corrected chi connectivity index (χ4v) is 5.02. The minimum atomic E-state index is -1.05. The SMILES string of the molecule is COC(=O)N1CCC(NC[C@@H](O)[C@H](Cc2cc(F)cc(F)c2)NC(C)=O)(c2cccc(C(C)(C)C)c2)CC1. The van der Waals surface area contributed by atoms with Crippen LogP contribution in [0.25, 0.3) is 0 Å². The molecule has 9 heteroatoms. The van der Waals surface area contributed by atoms with Gasteiger partial charge in [0, 0.05) is 38.2 Å². The molecule has 0 aliphatic carbocycles. The van der Waals surface area contributed by atoms with Crippen LogP contribution >= 0.6 is 0 Å². The highest BCUT2D eigenvalue weighted by atomic mass is 19.1. The maximum absolute atomic E-state index is 13.8. The van der Waals surface area contributed by atoms with Gasteiger partial charge < -0.3 is 25.4 Å². The summed E-state index contributed by atoms with van der Waals surface area (Å²) in [4.78, 5) is 25.7. The minimum Gasteiger partial charge on any atom is -0.453 e. The molecular weight excluding hydrogens is 492 g/mol. The number of piperidine rings is 1. The fraction of sp³-hybridized carbons (Fsp3) is 0.517. The molecule has 3 rings (SSSR count). The van der Waals surface area contributed by atoms with Crippen molar-refractivity contribution < 1.29 is 28.2 Å². The van der Waals surface area contributed by atoms with Gasteiger partial charge >= 0.3 is 6.09 Å².